The average Bonchev–Trinajstić information content (AvgIpc) is 2.54. The standard InChI is InChI=1S/C15H22N2O4S/c1-12(2)14-10-13(4-5-15(14)21-3)22(19,20)17-8-6-16(11-18)7-9-17/h4-5,10-12H,6-9H2,1-3H3. The van der Waals surface area contributed by atoms with Crippen LogP contribution in [0, 0.1) is 0 Å². The van der Waals surface area contributed by atoms with E-state index in [1.54, 1.807) is 30.2 Å². The molecule has 1 aliphatic heterocycles. The van der Waals surface area contributed by atoms with E-state index in [0.717, 1.165) is 12.0 Å². The molecule has 1 amide bonds. The van der Waals surface area contributed by atoms with E-state index in [1.165, 1.54) is 4.31 Å². The number of hydrogen-bond donors (Lipinski definition) is 0. The zero-order valence-electron chi connectivity index (χ0n) is 13.2. The summed E-state index contributed by atoms with van der Waals surface area (Å²) >= 11 is 0. The number of rotatable bonds is 5. The molecule has 0 radical (unpaired) electrons. The van der Waals surface area contributed by atoms with E-state index in [4.69, 9.17) is 4.74 Å². The lowest BCUT2D eigenvalue weighted by Gasteiger charge is -2.31. The summed E-state index contributed by atoms with van der Waals surface area (Å²) in [6, 6.07) is 4.96. The molecule has 1 aromatic carbocycles. The van der Waals surface area contributed by atoms with Gasteiger partial charge in [0.1, 0.15) is 5.75 Å². The van der Waals surface area contributed by atoms with Gasteiger partial charge in [-0.05, 0) is 29.7 Å². The molecule has 0 aromatic heterocycles. The van der Waals surface area contributed by atoms with E-state index in [2.05, 4.69) is 0 Å². The molecule has 122 valence electrons. The highest BCUT2D eigenvalue weighted by Crippen LogP contribution is 2.30. The van der Waals surface area contributed by atoms with Crippen molar-refractivity contribution in [1.82, 2.24) is 9.21 Å². The number of amides is 1. The van der Waals surface area contributed by atoms with Crippen molar-refractivity contribution in [2.24, 2.45) is 0 Å². The topological polar surface area (TPSA) is 66.9 Å². The average molecular weight is 326 g/mol. The highest BCUT2D eigenvalue weighted by atomic mass is 32.2. The first-order valence-electron chi connectivity index (χ1n) is 7.27. The fourth-order valence-corrected chi connectivity index (χ4v) is 3.98. The molecule has 1 fully saturated rings. The number of carbonyl (C=O) groups excluding carboxylic acids is 1. The monoisotopic (exact) mass is 326 g/mol. The molecule has 0 N–H and O–H groups in total. The summed E-state index contributed by atoms with van der Waals surface area (Å²) in [5.41, 5.74) is 0.870. The van der Waals surface area contributed by atoms with Gasteiger partial charge in [0, 0.05) is 26.2 Å². The lowest BCUT2D eigenvalue weighted by Crippen LogP contribution is -2.47. The minimum absolute atomic E-state index is 0.164. The van der Waals surface area contributed by atoms with Crippen molar-refractivity contribution in [2.75, 3.05) is 33.3 Å². The molecule has 1 saturated heterocycles. The van der Waals surface area contributed by atoms with Crippen molar-refractivity contribution in [3.63, 3.8) is 0 Å². The van der Waals surface area contributed by atoms with Crippen LogP contribution in [-0.4, -0.2) is 57.3 Å². The molecule has 0 bridgehead atoms. The molecule has 6 nitrogen and oxygen atoms in total. The number of sulfonamides is 1. The molecule has 0 unspecified atom stereocenters. The first-order valence-corrected chi connectivity index (χ1v) is 8.71. The summed E-state index contributed by atoms with van der Waals surface area (Å²) in [5.74, 6) is 0.858. The minimum Gasteiger partial charge on any atom is -0.496 e. The third kappa shape index (κ3) is 3.25. The van der Waals surface area contributed by atoms with E-state index in [9.17, 15) is 13.2 Å². The molecule has 1 aromatic rings. The van der Waals surface area contributed by atoms with Crippen molar-refractivity contribution in [1.29, 1.82) is 0 Å². The summed E-state index contributed by atoms with van der Waals surface area (Å²) in [7, 11) is -1.96. The summed E-state index contributed by atoms with van der Waals surface area (Å²) in [4.78, 5) is 12.6. The van der Waals surface area contributed by atoms with Gasteiger partial charge >= 0.3 is 0 Å². The number of piperazine rings is 1. The van der Waals surface area contributed by atoms with Crippen LogP contribution in [0.2, 0.25) is 0 Å². The molecule has 0 aliphatic carbocycles. The second-order valence-corrected chi connectivity index (χ2v) is 7.54. The number of hydrogen-bond acceptors (Lipinski definition) is 4. The lowest BCUT2D eigenvalue weighted by atomic mass is 10.0. The molecule has 2 rings (SSSR count). The maximum Gasteiger partial charge on any atom is 0.243 e. The highest BCUT2D eigenvalue weighted by Gasteiger charge is 2.28. The lowest BCUT2D eigenvalue weighted by molar-refractivity contribution is -0.119. The molecular formula is C15H22N2O4S. The quantitative estimate of drug-likeness (QED) is 0.765. The molecule has 0 spiro atoms. The van der Waals surface area contributed by atoms with E-state index in [0.29, 0.717) is 31.9 Å². The highest BCUT2D eigenvalue weighted by molar-refractivity contribution is 7.89. The fourth-order valence-electron chi connectivity index (χ4n) is 2.52. The third-order valence-corrected chi connectivity index (χ3v) is 5.78. The molecule has 0 atom stereocenters. The zero-order valence-corrected chi connectivity index (χ0v) is 14.0. The van der Waals surface area contributed by atoms with Gasteiger partial charge in [-0.25, -0.2) is 8.42 Å². The number of ether oxygens (including phenoxy) is 1. The SMILES string of the molecule is COc1ccc(S(=O)(=O)N2CCN(C=O)CC2)cc1C(C)C. The number of nitrogens with zero attached hydrogens (tertiary/aromatic N) is 2. The van der Waals surface area contributed by atoms with Gasteiger partial charge in [-0.1, -0.05) is 13.8 Å². The van der Waals surface area contributed by atoms with Gasteiger partial charge in [-0.2, -0.15) is 4.31 Å². The first kappa shape index (κ1) is 16.8. The normalized spacial score (nSPS) is 16.8. The van der Waals surface area contributed by atoms with Crippen LogP contribution < -0.4 is 4.74 Å². The molecule has 22 heavy (non-hydrogen) atoms. The summed E-state index contributed by atoms with van der Waals surface area (Å²) in [6.07, 6.45) is 0.758. The Labute approximate surface area is 131 Å². The van der Waals surface area contributed by atoms with Crippen molar-refractivity contribution in [3.05, 3.63) is 23.8 Å². The minimum atomic E-state index is -3.54. The Kier molecular flexibility index (Phi) is 5.08. The van der Waals surface area contributed by atoms with Crippen LogP contribution in [0.4, 0.5) is 0 Å². The van der Waals surface area contributed by atoms with Crippen molar-refractivity contribution in [2.45, 2.75) is 24.7 Å². The maximum atomic E-state index is 12.7. The second-order valence-electron chi connectivity index (χ2n) is 5.60. The van der Waals surface area contributed by atoms with Crippen LogP contribution in [0.25, 0.3) is 0 Å². The Morgan fingerprint density at radius 2 is 1.82 bits per heavy atom. The molecule has 1 aliphatic rings. The fraction of sp³-hybridized carbons (Fsp3) is 0.533. The van der Waals surface area contributed by atoms with Gasteiger partial charge in [-0.3, -0.25) is 4.79 Å². The molecular weight excluding hydrogens is 304 g/mol. The molecule has 7 heteroatoms. The van der Waals surface area contributed by atoms with E-state index < -0.39 is 10.0 Å². The van der Waals surface area contributed by atoms with Gasteiger partial charge in [0.15, 0.2) is 0 Å². The number of benzene rings is 1. The van der Waals surface area contributed by atoms with Crippen molar-refractivity contribution < 1.29 is 17.9 Å². The van der Waals surface area contributed by atoms with Crippen LogP contribution in [0.1, 0.15) is 25.3 Å². The Hall–Kier alpha value is -1.60. The van der Waals surface area contributed by atoms with Gasteiger partial charge < -0.3 is 9.64 Å². The van der Waals surface area contributed by atoms with Crippen LogP contribution in [0.3, 0.4) is 0 Å². The predicted molar refractivity (Wildman–Crippen MR) is 83.5 cm³/mol. The van der Waals surface area contributed by atoms with Crippen LogP contribution >= 0.6 is 0 Å². The van der Waals surface area contributed by atoms with E-state index in [-0.39, 0.29) is 10.8 Å². The van der Waals surface area contributed by atoms with Gasteiger partial charge in [0.25, 0.3) is 0 Å². The van der Waals surface area contributed by atoms with Crippen LogP contribution in [0.5, 0.6) is 5.75 Å². The van der Waals surface area contributed by atoms with Crippen molar-refractivity contribution >= 4 is 16.4 Å². The van der Waals surface area contributed by atoms with Crippen LogP contribution in [-0.2, 0) is 14.8 Å². The van der Waals surface area contributed by atoms with Crippen molar-refractivity contribution in [3.8, 4) is 5.75 Å². The summed E-state index contributed by atoms with van der Waals surface area (Å²) < 4.78 is 32.2. The van der Waals surface area contributed by atoms with Crippen LogP contribution in [0.15, 0.2) is 23.1 Å². The third-order valence-electron chi connectivity index (χ3n) is 3.88. The first-order chi connectivity index (χ1) is 10.4. The summed E-state index contributed by atoms with van der Waals surface area (Å²) in [5, 5.41) is 0. The molecule has 1 heterocycles. The zero-order chi connectivity index (χ0) is 16.3. The Balaban J connectivity index is 2.30. The Morgan fingerprint density at radius 3 is 2.32 bits per heavy atom. The largest absolute Gasteiger partial charge is 0.496 e. The van der Waals surface area contributed by atoms with E-state index in [1.807, 2.05) is 13.8 Å². The van der Waals surface area contributed by atoms with Gasteiger partial charge in [0.05, 0.1) is 12.0 Å². The maximum absolute atomic E-state index is 12.7. The Morgan fingerprint density at radius 1 is 1.18 bits per heavy atom. The Bertz CT molecular complexity index is 635. The number of carbonyl (C=O) groups is 1. The number of methoxy groups -OCH3 is 1. The molecule has 0 saturated carbocycles. The van der Waals surface area contributed by atoms with Gasteiger partial charge in [-0.15, -0.1) is 0 Å². The second kappa shape index (κ2) is 6.66. The predicted octanol–water partition coefficient (Wildman–Crippen LogP) is 1.28. The van der Waals surface area contributed by atoms with Gasteiger partial charge in [0.2, 0.25) is 16.4 Å². The van der Waals surface area contributed by atoms with E-state index >= 15 is 0 Å². The smallest absolute Gasteiger partial charge is 0.243 e. The summed E-state index contributed by atoms with van der Waals surface area (Å²) in [6.45, 7) is 5.49.